The third kappa shape index (κ3) is 3.24. The van der Waals surface area contributed by atoms with Gasteiger partial charge in [0.15, 0.2) is 0 Å². The van der Waals surface area contributed by atoms with Crippen molar-refractivity contribution in [2.45, 2.75) is 57.4 Å². The molecule has 0 aliphatic heterocycles. The van der Waals surface area contributed by atoms with Crippen LogP contribution in [0.15, 0.2) is 12.1 Å². The molecule has 1 aromatic carbocycles. The lowest BCUT2D eigenvalue weighted by atomic mass is 9.97. The second-order valence-electron chi connectivity index (χ2n) is 5.85. The van der Waals surface area contributed by atoms with E-state index < -0.39 is 0 Å². The van der Waals surface area contributed by atoms with Crippen molar-refractivity contribution >= 4 is 11.6 Å². The van der Waals surface area contributed by atoms with Crippen LogP contribution in [0, 0.1) is 5.82 Å². The molecule has 0 atom stereocenters. The first kappa shape index (κ1) is 13.8. The molecule has 1 fully saturated rings. The highest BCUT2D eigenvalue weighted by molar-refractivity contribution is 6.30. The standard InChI is InChI=1S/C15H21ClFN/c1-10(2)12-8-11(9-13(16)14(12)17)4-3-5-15(18)6-7-15/h8-10H,3-7,18H2,1-2H3. The van der Waals surface area contributed by atoms with E-state index in [2.05, 4.69) is 0 Å². The summed E-state index contributed by atoms with van der Waals surface area (Å²) < 4.78 is 13.8. The van der Waals surface area contributed by atoms with E-state index in [0.29, 0.717) is 5.56 Å². The monoisotopic (exact) mass is 269 g/mol. The van der Waals surface area contributed by atoms with Gasteiger partial charge in [-0.05, 0) is 55.2 Å². The summed E-state index contributed by atoms with van der Waals surface area (Å²) in [7, 11) is 0. The second-order valence-corrected chi connectivity index (χ2v) is 6.26. The van der Waals surface area contributed by atoms with Crippen LogP contribution in [0.5, 0.6) is 0 Å². The predicted octanol–water partition coefficient (Wildman–Crippen LogP) is 4.42. The molecule has 100 valence electrons. The molecule has 1 aliphatic rings. The summed E-state index contributed by atoms with van der Waals surface area (Å²) >= 11 is 5.94. The topological polar surface area (TPSA) is 26.0 Å². The normalized spacial score (nSPS) is 17.2. The van der Waals surface area contributed by atoms with Crippen LogP contribution in [0.3, 0.4) is 0 Å². The van der Waals surface area contributed by atoms with E-state index in [0.717, 1.165) is 37.7 Å². The van der Waals surface area contributed by atoms with Crippen molar-refractivity contribution in [3.63, 3.8) is 0 Å². The van der Waals surface area contributed by atoms with Gasteiger partial charge in [-0.25, -0.2) is 4.39 Å². The minimum absolute atomic E-state index is 0.102. The van der Waals surface area contributed by atoms with Gasteiger partial charge in [0.25, 0.3) is 0 Å². The van der Waals surface area contributed by atoms with Gasteiger partial charge in [-0.3, -0.25) is 0 Å². The molecular weight excluding hydrogens is 249 g/mol. The molecule has 0 aromatic heterocycles. The Morgan fingerprint density at radius 3 is 2.61 bits per heavy atom. The molecule has 0 spiro atoms. The number of nitrogens with two attached hydrogens (primary N) is 1. The average molecular weight is 270 g/mol. The van der Waals surface area contributed by atoms with Crippen LogP contribution in [-0.4, -0.2) is 5.54 Å². The first-order chi connectivity index (χ1) is 8.41. The number of rotatable bonds is 5. The van der Waals surface area contributed by atoms with Crippen molar-refractivity contribution in [3.05, 3.63) is 34.1 Å². The Morgan fingerprint density at radius 2 is 2.06 bits per heavy atom. The SMILES string of the molecule is CC(C)c1cc(CCCC2(N)CC2)cc(Cl)c1F. The maximum Gasteiger partial charge on any atom is 0.145 e. The Bertz CT molecular complexity index is 438. The Kier molecular flexibility index (Phi) is 3.98. The summed E-state index contributed by atoms with van der Waals surface area (Å²) in [4.78, 5) is 0. The third-order valence-corrected chi connectivity index (χ3v) is 4.05. The van der Waals surface area contributed by atoms with Crippen LogP contribution in [0.1, 0.15) is 56.6 Å². The van der Waals surface area contributed by atoms with Gasteiger partial charge in [-0.2, -0.15) is 0 Å². The highest BCUT2D eigenvalue weighted by Gasteiger charge is 2.36. The average Bonchev–Trinajstić information content (AvgIpc) is 3.01. The molecule has 0 radical (unpaired) electrons. The Balaban J connectivity index is 2.03. The minimum atomic E-state index is -0.270. The lowest BCUT2D eigenvalue weighted by Gasteiger charge is -2.12. The Morgan fingerprint density at radius 1 is 1.39 bits per heavy atom. The lowest BCUT2D eigenvalue weighted by molar-refractivity contribution is 0.572. The minimum Gasteiger partial charge on any atom is -0.325 e. The number of aryl methyl sites for hydroxylation is 1. The van der Waals surface area contributed by atoms with E-state index in [1.54, 1.807) is 6.07 Å². The first-order valence-electron chi connectivity index (χ1n) is 6.68. The van der Waals surface area contributed by atoms with Gasteiger partial charge in [-0.1, -0.05) is 31.5 Å². The Hall–Kier alpha value is -0.600. The molecule has 0 bridgehead atoms. The summed E-state index contributed by atoms with van der Waals surface area (Å²) in [6.45, 7) is 3.97. The van der Waals surface area contributed by atoms with Crippen LogP contribution in [0.25, 0.3) is 0 Å². The largest absolute Gasteiger partial charge is 0.325 e. The first-order valence-corrected chi connectivity index (χ1v) is 7.06. The smallest absolute Gasteiger partial charge is 0.145 e. The number of hydrogen-bond donors (Lipinski definition) is 1. The summed E-state index contributed by atoms with van der Waals surface area (Å²) in [5, 5.41) is 0.241. The molecule has 2 N–H and O–H groups in total. The number of hydrogen-bond acceptors (Lipinski definition) is 1. The lowest BCUT2D eigenvalue weighted by Crippen LogP contribution is -2.21. The zero-order valence-electron chi connectivity index (χ0n) is 11.1. The van der Waals surface area contributed by atoms with Gasteiger partial charge in [0, 0.05) is 5.54 Å². The van der Waals surface area contributed by atoms with Crippen LogP contribution >= 0.6 is 11.6 Å². The number of benzene rings is 1. The highest BCUT2D eigenvalue weighted by atomic mass is 35.5. The number of halogens is 2. The fraction of sp³-hybridized carbons (Fsp3) is 0.600. The summed E-state index contributed by atoms with van der Waals surface area (Å²) in [5.74, 6) is -0.111. The van der Waals surface area contributed by atoms with E-state index >= 15 is 0 Å². The van der Waals surface area contributed by atoms with Crippen LogP contribution in [0.2, 0.25) is 5.02 Å². The molecule has 0 amide bonds. The molecule has 0 saturated heterocycles. The fourth-order valence-corrected chi connectivity index (χ4v) is 2.54. The predicted molar refractivity (Wildman–Crippen MR) is 74.6 cm³/mol. The van der Waals surface area contributed by atoms with Crippen LogP contribution in [-0.2, 0) is 6.42 Å². The van der Waals surface area contributed by atoms with Crippen molar-refractivity contribution in [2.75, 3.05) is 0 Å². The van der Waals surface area contributed by atoms with Crippen molar-refractivity contribution in [2.24, 2.45) is 5.73 Å². The molecule has 0 heterocycles. The molecule has 0 unspecified atom stereocenters. The van der Waals surface area contributed by atoms with E-state index in [9.17, 15) is 4.39 Å². The van der Waals surface area contributed by atoms with Crippen LogP contribution < -0.4 is 5.73 Å². The summed E-state index contributed by atoms with van der Waals surface area (Å²) in [6.07, 6.45) is 5.33. The molecule has 1 aromatic rings. The maximum absolute atomic E-state index is 13.8. The molecular formula is C15H21ClFN. The van der Waals surface area contributed by atoms with E-state index in [4.69, 9.17) is 17.3 Å². The zero-order chi connectivity index (χ0) is 13.3. The quantitative estimate of drug-likeness (QED) is 0.841. The van der Waals surface area contributed by atoms with E-state index in [1.165, 1.54) is 0 Å². The van der Waals surface area contributed by atoms with Gasteiger partial charge in [0.2, 0.25) is 0 Å². The zero-order valence-corrected chi connectivity index (χ0v) is 11.9. The van der Waals surface area contributed by atoms with Crippen molar-refractivity contribution < 1.29 is 4.39 Å². The molecule has 18 heavy (non-hydrogen) atoms. The van der Waals surface area contributed by atoms with Crippen LogP contribution in [0.4, 0.5) is 4.39 Å². The molecule has 1 nitrogen and oxygen atoms in total. The van der Waals surface area contributed by atoms with Gasteiger partial charge in [0.05, 0.1) is 5.02 Å². The molecule has 2 rings (SSSR count). The molecule has 3 heteroatoms. The van der Waals surface area contributed by atoms with Crippen molar-refractivity contribution in [1.29, 1.82) is 0 Å². The summed E-state index contributed by atoms with van der Waals surface area (Å²) in [6, 6.07) is 3.70. The molecule has 1 aliphatic carbocycles. The van der Waals surface area contributed by atoms with Crippen molar-refractivity contribution in [3.8, 4) is 0 Å². The highest BCUT2D eigenvalue weighted by Crippen LogP contribution is 2.37. The van der Waals surface area contributed by atoms with E-state index in [-0.39, 0.29) is 22.3 Å². The summed E-state index contributed by atoms with van der Waals surface area (Å²) in [5.41, 5.74) is 7.99. The van der Waals surface area contributed by atoms with Crippen molar-refractivity contribution in [1.82, 2.24) is 0 Å². The van der Waals surface area contributed by atoms with Gasteiger partial charge in [-0.15, -0.1) is 0 Å². The second kappa shape index (κ2) is 5.18. The van der Waals surface area contributed by atoms with Gasteiger partial charge >= 0.3 is 0 Å². The van der Waals surface area contributed by atoms with Gasteiger partial charge in [0.1, 0.15) is 5.82 Å². The van der Waals surface area contributed by atoms with Gasteiger partial charge < -0.3 is 5.73 Å². The maximum atomic E-state index is 13.8. The fourth-order valence-electron chi connectivity index (χ4n) is 2.29. The Labute approximate surface area is 114 Å². The third-order valence-electron chi connectivity index (χ3n) is 3.77. The van der Waals surface area contributed by atoms with E-state index in [1.807, 2.05) is 19.9 Å². The molecule has 1 saturated carbocycles.